The molecule has 0 fully saturated rings. The minimum absolute atomic E-state index is 0.111. The van der Waals surface area contributed by atoms with E-state index in [1.54, 1.807) is 4.68 Å². The lowest BCUT2D eigenvalue weighted by Gasteiger charge is -2.07. The van der Waals surface area contributed by atoms with Gasteiger partial charge in [0.15, 0.2) is 0 Å². The summed E-state index contributed by atoms with van der Waals surface area (Å²) in [6.45, 7) is 2.70. The van der Waals surface area contributed by atoms with E-state index in [4.69, 9.17) is 5.73 Å². The van der Waals surface area contributed by atoms with E-state index in [1.165, 1.54) is 0 Å². The molecule has 6 heteroatoms. The van der Waals surface area contributed by atoms with Crippen molar-refractivity contribution in [3.63, 3.8) is 0 Å². The van der Waals surface area contributed by atoms with Gasteiger partial charge in [-0.1, -0.05) is 6.07 Å². The third-order valence-corrected chi connectivity index (χ3v) is 3.17. The molecule has 0 saturated carbocycles. The Morgan fingerprint density at radius 2 is 2.05 bits per heavy atom. The lowest BCUT2D eigenvalue weighted by atomic mass is 10.1. The molecule has 0 bridgehead atoms. The monoisotopic (exact) mass is 270 g/mol. The molecule has 0 aromatic carbocycles. The highest BCUT2D eigenvalue weighted by molar-refractivity contribution is 5.74. The van der Waals surface area contributed by atoms with Gasteiger partial charge in [0.1, 0.15) is 0 Å². The number of fused-ring (bicyclic) bond motifs is 1. The van der Waals surface area contributed by atoms with Crippen molar-refractivity contribution in [3.8, 4) is 11.1 Å². The van der Waals surface area contributed by atoms with Gasteiger partial charge in [-0.25, -0.2) is 4.52 Å². The summed E-state index contributed by atoms with van der Waals surface area (Å²) >= 11 is 0. The van der Waals surface area contributed by atoms with Gasteiger partial charge in [0, 0.05) is 43.2 Å². The summed E-state index contributed by atoms with van der Waals surface area (Å²) in [4.78, 5) is 0. The zero-order chi connectivity index (χ0) is 14.1. The highest BCUT2D eigenvalue weighted by Gasteiger charge is 2.07. The normalized spacial score (nSPS) is 12.8. The number of nitrogens with one attached hydrogen (secondary N) is 1. The second-order valence-electron chi connectivity index (χ2n) is 5.07. The molecule has 0 aliphatic heterocycles. The molecule has 0 radical (unpaired) electrons. The Morgan fingerprint density at radius 1 is 1.20 bits per heavy atom. The van der Waals surface area contributed by atoms with E-state index >= 15 is 0 Å². The largest absolute Gasteiger partial charge is 0.380 e. The van der Waals surface area contributed by atoms with Crippen molar-refractivity contribution in [1.82, 2.24) is 19.4 Å². The predicted molar refractivity (Wildman–Crippen MR) is 79.5 cm³/mol. The van der Waals surface area contributed by atoms with Crippen molar-refractivity contribution >= 4 is 11.2 Å². The molecule has 0 aliphatic carbocycles. The lowest BCUT2D eigenvalue weighted by molar-refractivity contribution is 0.768. The zero-order valence-electron chi connectivity index (χ0n) is 11.6. The van der Waals surface area contributed by atoms with Crippen LogP contribution < -0.4 is 11.1 Å². The van der Waals surface area contributed by atoms with Gasteiger partial charge in [-0.2, -0.15) is 10.2 Å². The van der Waals surface area contributed by atoms with Crippen LogP contribution in [0.25, 0.3) is 16.6 Å². The van der Waals surface area contributed by atoms with Crippen LogP contribution in [0.15, 0.2) is 36.9 Å². The number of aryl methyl sites for hydroxylation is 1. The maximum Gasteiger partial charge on any atom is 0.0893 e. The molecule has 1 atom stereocenters. The van der Waals surface area contributed by atoms with Crippen LogP contribution in [0.5, 0.6) is 0 Å². The minimum Gasteiger partial charge on any atom is -0.380 e. The lowest BCUT2D eigenvalue weighted by Crippen LogP contribution is -2.25. The standard InChI is InChI=1S/C14H18N6/c1-10(15)5-16-13-7-18-20-9-11(3-4-14(13)20)12-6-17-19(2)8-12/h3-4,6-10,16H,5,15H2,1-2H3. The number of nitrogens with zero attached hydrogens (tertiary/aromatic N) is 4. The molecule has 3 rings (SSSR count). The summed E-state index contributed by atoms with van der Waals surface area (Å²) in [5, 5.41) is 11.9. The van der Waals surface area contributed by atoms with E-state index in [1.807, 2.05) is 43.3 Å². The number of aromatic nitrogens is 4. The molecule has 3 heterocycles. The highest BCUT2D eigenvalue weighted by Crippen LogP contribution is 2.22. The number of hydrogen-bond donors (Lipinski definition) is 2. The number of rotatable bonds is 4. The van der Waals surface area contributed by atoms with Crippen molar-refractivity contribution in [1.29, 1.82) is 0 Å². The first kappa shape index (κ1) is 12.7. The second kappa shape index (κ2) is 4.97. The van der Waals surface area contributed by atoms with Gasteiger partial charge in [0.05, 0.1) is 23.6 Å². The third kappa shape index (κ3) is 2.37. The van der Waals surface area contributed by atoms with Crippen molar-refractivity contribution in [2.45, 2.75) is 13.0 Å². The summed E-state index contributed by atoms with van der Waals surface area (Å²) in [5.74, 6) is 0. The first-order valence-electron chi connectivity index (χ1n) is 6.59. The van der Waals surface area contributed by atoms with E-state index < -0.39 is 0 Å². The van der Waals surface area contributed by atoms with Crippen molar-refractivity contribution in [2.24, 2.45) is 12.8 Å². The number of nitrogens with two attached hydrogens (primary N) is 1. The summed E-state index contributed by atoms with van der Waals surface area (Å²) in [7, 11) is 1.91. The topological polar surface area (TPSA) is 73.2 Å². The molecule has 3 aromatic heterocycles. The molecule has 1 unspecified atom stereocenters. The van der Waals surface area contributed by atoms with E-state index in [0.717, 1.165) is 28.9 Å². The van der Waals surface area contributed by atoms with Gasteiger partial charge < -0.3 is 11.1 Å². The fourth-order valence-electron chi connectivity index (χ4n) is 2.13. The summed E-state index contributed by atoms with van der Waals surface area (Å²) in [6.07, 6.45) is 7.66. The van der Waals surface area contributed by atoms with Gasteiger partial charge in [-0.15, -0.1) is 0 Å². The van der Waals surface area contributed by atoms with Crippen LogP contribution in [0, 0.1) is 0 Å². The smallest absolute Gasteiger partial charge is 0.0893 e. The molecule has 20 heavy (non-hydrogen) atoms. The highest BCUT2D eigenvalue weighted by atomic mass is 15.2. The molecule has 0 saturated heterocycles. The van der Waals surface area contributed by atoms with Crippen LogP contribution in [0.2, 0.25) is 0 Å². The van der Waals surface area contributed by atoms with Crippen LogP contribution in [0.3, 0.4) is 0 Å². The minimum atomic E-state index is 0.111. The van der Waals surface area contributed by atoms with E-state index in [2.05, 4.69) is 27.6 Å². The Bertz CT molecular complexity index is 724. The quantitative estimate of drug-likeness (QED) is 0.753. The predicted octanol–water partition coefficient (Wildman–Crippen LogP) is 1.49. The molecule has 3 N–H and O–H groups in total. The van der Waals surface area contributed by atoms with Gasteiger partial charge in [-0.3, -0.25) is 4.68 Å². The molecule has 104 valence electrons. The Kier molecular flexibility index (Phi) is 3.15. The maximum absolute atomic E-state index is 5.76. The van der Waals surface area contributed by atoms with Crippen molar-refractivity contribution < 1.29 is 0 Å². The number of anilines is 1. The van der Waals surface area contributed by atoms with Gasteiger partial charge >= 0.3 is 0 Å². The van der Waals surface area contributed by atoms with Gasteiger partial charge in [-0.05, 0) is 13.0 Å². The Morgan fingerprint density at radius 3 is 2.75 bits per heavy atom. The fourth-order valence-corrected chi connectivity index (χ4v) is 2.13. The number of pyridine rings is 1. The van der Waals surface area contributed by atoms with Gasteiger partial charge in [0.2, 0.25) is 0 Å². The summed E-state index contributed by atoms with van der Waals surface area (Å²) < 4.78 is 3.66. The van der Waals surface area contributed by atoms with Crippen LogP contribution in [0.1, 0.15) is 6.92 Å². The molecule has 0 spiro atoms. The second-order valence-corrected chi connectivity index (χ2v) is 5.07. The first-order valence-corrected chi connectivity index (χ1v) is 6.59. The van der Waals surface area contributed by atoms with E-state index in [-0.39, 0.29) is 6.04 Å². The van der Waals surface area contributed by atoms with Crippen LogP contribution >= 0.6 is 0 Å². The fraction of sp³-hybridized carbons (Fsp3) is 0.286. The SMILES string of the molecule is CC(N)CNc1cnn2cc(-c3cnn(C)c3)ccc12. The molecule has 0 amide bonds. The molecule has 6 nitrogen and oxygen atoms in total. The van der Waals surface area contributed by atoms with Crippen LogP contribution in [-0.2, 0) is 7.05 Å². The average molecular weight is 270 g/mol. The van der Waals surface area contributed by atoms with Crippen LogP contribution in [0.4, 0.5) is 5.69 Å². The van der Waals surface area contributed by atoms with Crippen LogP contribution in [-0.4, -0.2) is 32.0 Å². The van der Waals surface area contributed by atoms with Gasteiger partial charge in [0.25, 0.3) is 0 Å². The molecular formula is C14H18N6. The van der Waals surface area contributed by atoms with E-state index in [0.29, 0.717) is 0 Å². The zero-order valence-corrected chi connectivity index (χ0v) is 11.6. The molecule has 0 aliphatic rings. The Labute approximate surface area is 117 Å². The Balaban J connectivity index is 1.93. The molecular weight excluding hydrogens is 252 g/mol. The molecule has 3 aromatic rings. The maximum atomic E-state index is 5.76. The Hall–Kier alpha value is -2.34. The third-order valence-electron chi connectivity index (χ3n) is 3.17. The van der Waals surface area contributed by atoms with Crippen molar-refractivity contribution in [2.75, 3.05) is 11.9 Å². The average Bonchev–Trinajstić information content (AvgIpc) is 3.02. The first-order chi connectivity index (χ1) is 9.63. The summed E-state index contributed by atoms with van der Waals surface area (Å²) in [6, 6.07) is 4.24. The summed E-state index contributed by atoms with van der Waals surface area (Å²) in [5.41, 5.74) is 9.97. The number of hydrogen-bond acceptors (Lipinski definition) is 4. The van der Waals surface area contributed by atoms with Crippen molar-refractivity contribution in [3.05, 3.63) is 36.9 Å². The van der Waals surface area contributed by atoms with E-state index in [9.17, 15) is 0 Å².